The van der Waals surface area contributed by atoms with Gasteiger partial charge in [0.1, 0.15) is 23.4 Å². The Morgan fingerprint density at radius 3 is 1.80 bits per heavy atom. The van der Waals surface area contributed by atoms with Crippen LogP contribution in [0.15, 0.2) is 71.8 Å². The standard InChI is InChI=1S/C50H56N2O13/c1-28(2)29(3)25-41(56)64-38-27-37-46(5)19-16-32(63-39(54)17-23-51-42(57)33-11-7-8-12-34(33)43(51)58)26-31(46)15-20-48(37,61)50(62)22-21-49(30(4)53,47(38,50)6)65-40(55)18-24-52-44(59)35-13-9-10-14-36(35)45(52)60/h7-15,25,28,32,37-38,61-62H,16-24,26-27H2,1-6H3/b29-25+/t32-,37?,38+,46-,47+,48-,49+,50+/m0/s1. The van der Waals surface area contributed by atoms with E-state index in [1.807, 2.05) is 26.8 Å². The molecule has 6 aliphatic rings. The van der Waals surface area contributed by atoms with Gasteiger partial charge >= 0.3 is 17.9 Å². The van der Waals surface area contributed by atoms with E-state index in [0.717, 1.165) is 20.9 Å². The van der Waals surface area contributed by atoms with E-state index in [1.165, 1.54) is 32.1 Å². The van der Waals surface area contributed by atoms with Gasteiger partial charge in [-0.15, -0.1) is 0 Å². The maximum Gasteiger partial charge on any atom is 0.330 e. The third-order valence-electron chi connectivity index (χ3n) is 16.0. The van der Waals surface area contributed by atoms with Crippen molar-refractivity contribution < 1.29 is 62.8 Å². The second-order valence-corrected chi connectivity index (χ2v) is 19.4. The van der Waals surface area contributed by atoms with Crippen LogP contribution in [0.5, 0.6) is 0 Å². The van der Waals surface area contributed by atoms with E-state index in [2.05, 4.69) is 0 Å². The van der Waals surface area contributed by atoms with Gasteiger partial charge in [-0.1, -0.05) is 62.3 Å². The van der Waals surface area contributed by atoms with Crippen molar-refractivity contribution >= 4 is 47.3 Å². The summed E-state index contributed by atoms with van der Waals surface area (Å²) in [6.45, 7) is 9.87. The molecule has 344 valence electrons. The molecule has 8 rings (SSSR count). The minimum Gasteiger partial charge on any atom is -0.462 e. The van der Waals surface area contributed by atoms with Gasteiger partial charge in [-0.2, -0.15) is 0 Å². The fraction of sp³-hybridized carbons (Fsp3) is 0.520. The van der Waals surface area contributed by atoms with Gasteiger partial charge in [-0.25, -0.2) is 4.79 Å². The molecular formula is C50H56N2O13. The van der Waals surface area contributed by atoms with Crippen molar-refractivity contribution in [3.63, 3.8) is 0 Å². The van der Waals surface area contributed by atoms with Gasteiger partial charge in [0.25, 0.3) is 23.6 Å². The summed E-state index contributed by atoms with van der Waals surface area (Å²) in [7, 11) is 0. The first kappa shape index (κ1) is 45.8. The van der Waals surface area contributed by atoms with E-state index in [-0.39, 0.29) is 73.4 Å². The van der Waals surface area contributed by atoms with Crippen LogP contribution in [0, 0.1) is 22.7 Å². The second-order valence-electron chi connectivity index (χ2n) is 19.4. The van der Waals surface area contributed by atoms with Crippen LogP contribution in [-0.4, -0.2) is 109 Å². The van der Waals surface area contributed by atoms with Gasteiger partial charge in [-0.05, 0) is 94.9 Å². The SMILES string of the molecule is CC(=O)[C@]1(OC(=O)CCN2C(=O)c3ccccc3C2=O)CC[C@@]2(O)[C@]1(C)[C@H](OC(=O)/C=C(\C)C(C)C)CC1[C@@]3(C)CC[C@H](OC(=O)CCN4C(=O)c5ccccc5C4=O)CC3=CC[C@]12O. The Bertz CT molecular complexity index is 2420. The van der Waals surface area contributed by atoms with Crippen molar-refractivity contribution in [1.29, 1.82) is 0 Å². The fourth-order valence-corrected chi connectivity index (χ4v) is 12.0. The number of esters is 3. The van der Waals surface area contributed by atoms with E-state index in [9.17, 15) is 48.6 Å². The zero-order valence-electron chi connectivity index (χ0n) is 37.6. The molecule has 3 saturated carbocycles. The molecule has 1 unspecified atom stereocenters. The van der Waals surface area contributed by atoms with Gasteiger partial charge in [-0.3, -0.25) is 43.4 Å². The second kappa shape index (κ2) is 16.3. The number of hydrogen-bond donors (Lipinski definition) is 2. The van der Waals surface area contributed by atoms with E-state index in [1.54, 1.807) is 43.3 Å². The lowest BCUT2D eigenvalue weighted by atomic mass is 9.42. The van der Waals surface area contributed by atoms with E-state index < -0.39 is 99.5 Å². The zero-order valence-corrected chi connectivity index (χ0v) is 37.6. The van der Waals surface area contributed by atoms with Crippen LogP contribution in [0.2, 0.25) is 0 Å². The first-order valence-electron chi connectivity index (χ1n) is 22.5. The number of ketones is 1. The van der Waals surface area contributed by atoms with E-state index in [4.69, 9.17) is 14.2 Å². The number of nitrogens with zero attached hydrogens (tertiary/aromatic N) is 2. The molecule has 3 fully saturated rings. The zero-order chi connectivity index (χ0) is 47.0. The van der Waals surface area contributed by atoms with Crippen LogP contribution in [0.4, 0.5) is 0 Å². The number of carbonyl (C=O) groups excluding carboxylic acids is 8. The maximum atomic E-state index is 14.2. The highest BCUT2D eigenvalue weighted by atomic mass is 16.6. The molecule has 0 radical (unpaired) electrons. The van der Waals surface area contributed by atoms with E-state index in [0.29, 0.717) is 19.3 Å². The Kier molecular flexibility index (Phi) is 11.4. The van der Waals surface area contributed by atoms with Gasteiger partial charge < -0.3 is 24.4 Å². The van der Waals surface area contributed by atoms with Crippen molar-refractivity contribution in [3.05, 3.63) is 94.1 Å². The number of rotatable bonds is 12. The normalized spacial score (nSPS) is 32.6. The molecular weight excluding hydrogens is 837 g/mol. The molecule has 2 N–H and O–H groups in total. The minimum atomic E-state index is -2.17. The molecule has 2 aromatic rings. The minimum absolute atomic E-state index is 0.00556. The molecule has 4 aliphatic carbocycles. The molecule has 8 atom stereocenters. The number of allylic oxidation sites excluding steroid dienone is 1. The van der Waals surface area contributed by atoms with Crippen LogP contribution >= 0.6 is 0 Å². The number of imide groups is 2. The van der Waals surface area contributed by atoms with Gasteiger partial charge in [0, 0.05) is 31.5 Å². The number of benzene rings is 2. The van der Waals surface area contributed by atoms with Crippen LogP contribution in [-0.2, 0) is 33.4 Å². The first-order valence-corrected chi connectivity index (χ1v) is 22.5. The number of ether oxygens (including phenoxy) is 3. The topological polar surface area (TPSA) is 211 Å². The molecule has 2 aliphatic heterocycles. The Hall–Kier alpha value is -5.80. The van der Waals surface area contributed by atoms with Crippen molar-refractivity contribution in [2.24, 2.45) is 22.7 Å². The Morgan fingerprint density at radius 1 is 0.769 bits per heavy atom. The molecule has 15 nitrogen and oxygen atoms in total. The summed E-state index contributed by atoms with van der Waals surface area (Å²) >= 11 is 0. The Labute approximate surface area is 377 Å². The first-order chi connectivity index (χ1) is 30.6. The van der Waals surface area contributed by atoms with Crippen molar-refractivity contribution in [3.8, 4) is 0 Å². The van der Waals surface area contributed by atoms with Crippen molar-refractivity contribution in [1.82, 2.24) is 9.80 Å². The molecule has 0 saturated heterocycles. The van der Waals surface area contributed by atoms with Gasteiger partial charge in [0.15, 0.2) is 11.4 Å². The lowest BCUT2D eigenvalue weighted by molar-refractivity contribution is -0.315. The molecule has 65 heavy (non-hydrogen) atoms. The summed E-state index contributed by atoms with van der Waals surface area (Å²) in [5.41, 5.74) is -6.32. The number of hydrogen-bond acceptors (Lipinski definition) is 13. The largest absolute Gasteiger partial charge is 0.462 e. The smallest absolute Gasteiger partial charge is 0.330 e. The van der Waals surface area contributed by atoms with Crippen molar-refractivity contribution in [2.45, 2.75) is 128 Å². The number of aliphatic hydroxyl groups is 2. The summed E-state index contributed by atoms with van der Waals surface area (Å²) in [5, 5.41) is 26.5. The average molecular weight is 893 g/mol. The van der Waals surface area contributed by atoms with Crippen LogP contribution in [0.1, 0.15) is 141 Å². The monoisotopic (exact) mass is 892 g/mol. The quantitative estimate of drug-likeness (QED) is 0.0893. The Balaban J connectivity index is 1.04. The summed E-state index contributed by atoms with van der Waals surface area (Å²) in [4.78, 5) is 109. The predicted molar refractivity (Wildman–Crippen MR) is 231 cm³/mol. The molecule has 4 amide bonds. The molecule has 0 bridgehead atoms. The van der Waals surface area contributed by atoms with Gasteiger partial charge in [0.05, 0.1) is 40.5 Å². The summed E-state index contributed by atoms with van der Waals surface area (Å²) in [5.74, 6) is -5.68. The molecule has 0 spiro atoms. The summed E-state index contributed by atoms with van der Waals surface area (Å²) in [6, 6.07) is 12.8. The molecule has 2 heterocycles. The van der Waals surface area contributed by atoms with Crippen LogP contribution < -0.4 is 0 Å². The number of Topliss-reactive ketones (excluding diaryl/α,β-unsaturated/α-hetero) is 1. The van der Waals surface area contributed by atoms with Crippen LogP contribution in [0.25, 0.3) is 0 Å². The predicted octanol–water partition coefficient (Wildman–Crippen LogP) is 5.46. The average Bonchev–Trinajstić information content (AvgIpc) is 3.77. The molecule has 2 aromatic carbocycles. The highest BCUT2D eigenvalue weighted by Crippen LogP contribution is 2.71. The third-order valence-corrected chi connectivity index (χ3v) is 16.0. The lowest BCUT2D eigenvalue weighted by Crippen LogP contribution is -2.78. The van der Waals surface area contributed by atoms with Crippen molar-refractivity contribution in [2.75, 3.05) is 13.1 Å². The Morgan fingerprint density at radius 2 is 1.29 bits per heavy atom. The lowest BCUT2D eigenvalue weighted by Gasteiger charge is -2.67. The number of amides is 4. The number of carbonyl (C=O) groups is 8. The summed E-state index contributed by atoms with van der Waals surface area (Å²) < 4.78 is 18.4. The number of fused-ring (bicyclic) bond motifs is 7. The highest BCUT2D eigenvalue weighted by molar-refractivity contribution is 6.22. The molecule has 0 aromatic heterocycles. The summed E-state index contributed by atoms with van der Waals surface area (Å²) in [6.07, 6.45) is 1.24. The van der Waals surface area contributed by atoms with Crippen LogP contribution in [0.3, 0.4) is 0 Å². The molecule has 15 heteroatoms. The highest BCUT2D eigenvalue weighted by Gasteiger charge is 2.83. The fourth-order valence-electron chi connectivity index (χ4n) is 12.0. The maximum absolute atomic E-state index is 14.2. The van der Waals surface area contributed by atoms with E-state index >= 15 is 0 Å². The van der Waals surface area contributed by atoms with Gasteiger partial charge in [0.2, 0.25) is 0 Å². The third kappa shape index (κ3) is 6.90.